The molecule has 1 atom stereocenters. The number of aliphatic carboxylic acids is 1. The molecule has 0 saturated heterocycles. The molecule has 0 amide bonds. The minimum absolute atomic E-state index is 0.531. The van der Waals surface area contributed by atoms with Crippen LogP contribution >= 0.6 is 0 Å². The third kappa shape index (κ3) is 1.90. The van der Waals surface area contributed by atoms with Gasteiger partial charge in [0.25, 0.3) is 0 Å². The van der Waals surface area contributed by atoms with Crippen molar-refractivity contribution in [3.8, 4) is 11.3 Å². The average Bonchev–Trinajstić information content (AvgIpc) is 2.76. The molecule has 0 radical (unpaired) electrons. The van der Waals surface area contributed by atoms with Crippen LogP contribution in [0.15, 0.2) is 24.5 Å². The van der Waals surface area contributed by atoms with Gasteiger partial charge in [0.2, 0.25) is 0 Å². The van der Waals surface area contributed by atoms with Crippen LogP contribution in [0.25, 0.3) is 11.3 Å². The summed E-state index contributed by atoms with van der Waals surface area (Å²) in [4.78, 5) is 15.5. The summed E-state index contributed by atoms with van der Waals surface area (Å²) in [6.07, 6.45) is 5.41. The van der Waals surface area contributed by atoms with E-state index in [4.69, 9.17) is 0 Å². The number of aryl methyl sites for hydroxylation is 1. The summed E-state index contributed by atoms with van der Waals surface area (Å²) in [5.74, 6) is -0.729. The maximum atomic E-state index is 11.5. The van der Waals surface area contributed by atoms with E-state index in [2.05, 4.69) is 10.1 Å². The van der Waals surface area contributed by atoms with E-state index in [0.29, 0.717) is 12.8 Å². The molecular weight excluding hydrogens is 254 g/mol. The standard InChI is InChI=1S/C15H17N3O2/c1-15(14(19)20)6-3-12-11(9-15)13(17-18(12)2)10-4-7-16-8-5-10/h4-5,7-8H,3,6,9H2,1-2H3,(H,19,20). The maximum absolute atomic E-state index is 11.5. The predicted octanol–water partition coefficient (Wildman–Crippen LogP) is 2.06. The van der Waals surface area contributed by atoms with Gasteiger partial charge in [0.05, 0.1) is 11.1 Å². The van der Waals surface area contributed by atoms with Gasteiger partial charge in [0, 0.05) is 36.3 Å². The zero-order valence-electron chi connectivity index (χ0n) is 11.6. The average molecular weight is 271 g/mol. The first-order chi connectivity index (χ1) is 9.51. The van der Waals surface area contributed by atoms with Crippen molar-refractivity contribution >= 4 is 5.97 Å². The summed E-state index contributed by atoms with van der Waals surface area (Å²) in [5, 5.41) is 14.0. The predicted molar refractivity (Wildman–Crippen MR) is 74.2 cm³/mol. The Labute approximate surface area is 117 Å². The minimum Gasteiger partial charge on any atom is -0.481 e. The second-order valence-electron chi connectivity index (χ2n) is 5.68. The SMILES string of the molecule is Cn1nc(-c2ccncc2)c2c1CCC(C)(C(=O)O)C2. The number of hydrogen-bond acceptors (Lipinski definition) is 3. The molecule has 0 fully saturated rings. The Bertz CT molecular complexity index is 663. The quantitative estimate of drug-likeness (QED) is 0.907. The van der Waals surface area contributed by atoms with Crippen LogP contribution in [0.1, 0.15) is 24.6 Å². The molecule has 1 aliphatic rings. The Morgan fingerprint density at radius 2 is 2.10 bits per heavy atom. The molecular formula is C15H17N3O2. The first kappa shape index (κ1) is 12.8. The number of fused-ring (bicyclic) bond motifs is 1. The molecule has 3 rings (SSSR count). The van der Waals surface area contributed by atoms with E-state index in [0.717, 1.165) is 28.9 Å². The zero-order chi connectivity index (χ0) is 14.3. The number of aromatic nitrogens is 3. The molecule has 2 aromatic rings. The van der Waals surface area contributed by atoms with Gasteiger partial charge in [-0.05, 0) is 38.3 Å². The van der Waals surface area contributed by atoms with E-state index in [1.54, 1.807) is 12.4 Å². The molecule has 20 heavy (non-hydrogen) atoms. The molecule has 0 aromatic carbocycles. The topological polar surface area (TPSA) is 68.0 Å². The summed E-state index contributed by atoms with van der Waals surface area (Å²) in [7, 11) is 1.92. The fourth-order valence-electron chi connectivity index (χ4n) is 2.90. The Balaban J connectivity index is 2.11. The molecule has 0 aliphatic heterocycles. The molecule has 0 spiro atoms. The van der Waals surface area contributed by atoms with Gasteiger partial charge >= 0.3 is 5.97 Å². The van der Waals surface area contributed by atoms with Gasteiger partial charge in [0.1, 0.15) is 0 Å². The number of carbonyl (C=O) groups is 1. The van der Waals surface area contributed by atoms with E-state index < -0.39 is 11.4 Å². The van der Waals surface area contributed by atoms with Crippen molar-refractivity contribution < 1.29 is 9.90 Å². The van der Waals surface area contributed by atoms with E-state index >= 15 is 0 Å². The molecule has 0 bridgehead atoms. The van der Waals surface area contributed by atoms with Crippen molar-refractivity contribution in [3.63, 3.8) is 0 Å². The summed E-state index contributed by atoms with van der Waals surface area (Å²) in [6, 6.07) is 3.82. The Morgan fingerprint density at radius 3 is 2.75 bits per heavy atom. The minimum atomic E-state index is -0.729. The van der Waals surface area contributed by atoms with Crippen LogP contribution in [-0.2, 0) is 24.7 Å². The van der Waals surface area contributed by atoms with E-state index in [-0.39, 0.29) is 0 Å². The molecule has 5 heteroatoms. The third-order valence-electron chi connectivity index (χ3n) is 4.23. The molecule has 1 aliphatic carbocycles. The molecule has 2 aromatic heterocycles. The summed E-state index contributed by atoms with van der Waals surface area (Å²) in [5.41, 5.74) is 3.40. The van der Waals surface area contributed by atoms with E-state index in [1.807, 2.05) is 30.8 Å². The van der Waals surface area contributed by atoms with Crippen LogP contribution in [0.5, 0.6) is 0 Å². The summed E-state index contributed by atoms with van der Waals surface area (Å²) in [6.45, 7) is 1.82. The summed E-state index contributed by atoms with van der Waals surface area (Å²) < 4.78 is 1.88. The van der Waals surface area contributed by atoms with Crippen molar-refractivity contribution in [1.29, 1.82) is 0 Å². The third-order valence-corrected chi connectivity index (χ3v) is 4.23. The number of nitrogens with zero attached hydrogens (tertiary/aromatic N) is 3. The number of pyridine rings is 1. The van der Waals surface area contributed by atoms with Gasteiger partial charge in [-0.15, -0.1) is 0 Å². The van der Waals surface area contributed by atoms with E-state index in [1.165, 1.54) is 0 Å². The lowest BCUT2D eigenvalue weighted by atomic mass is 9.74. The first-order valence-electron chi connectivity index (χ1n) is 6.70. The second-order valence-corrected chi connectivity index (χ2v) is 5.68. The van der Waals surface area contributed by atoms with Gasteiger partial charge in [-0.2, -0.15) is 5.10 Å². The number of hydrogen-bond donors (Lipinski definition) is 1. The first-order valence-corrected chi connectivity index (χ1v) is 6.70. The number of carboxylic acid groups (broad SMARTS) is 1. The Hall–Kier alpha value is -2.17. The number of carboxylic acids is 1. The highest BCUT2D eigenvalue weighted by molar-refractivity contribution is 5.76. The molecule has 5 nitrogen and oxygen atoms in total. The van der Waals surface area contributed by atoms with Gasteiger partial charge in [-0.3, -0.25) is 14.5 Å². The van der Waals surface area contributed by atoms with Crippen molar-refractivity contribution in [2.75, 3.05) is 0 Å². The van der Waals surface area contributed by atoms with Gasteiger partial charge in [0.15, 0.2) is 0 Å². The second kappa shape index (κ2) is 4.44. The van der Waals surface area contributed by atoms with Crippen LogP contribution in [-0.4, -0.2) is 25.8 Å². The highest BCUT2D eigenvalue weighted by Gasteiger charge is 2.39. The number of rotatable bonds is 2. The summed E-state index contributed by atoms with van der Waals surface area (Å²) >= 11 is 0. The highest BCUT2D eigenvalue weighted by Crippen LogP contribution is 2.39. The monoisotopic (exact) mass is 271 g/mol. The lowest BCUT2D eigenvalue weighted by molar-refractivity contribution is -0.148. The largest absolute Gasteiger partial charge is 0.481 e. The van der Waals surface area contributed by atoms with E-state index in [9.17, 15) is 9.90 Å². The van der Waals surface area contributed by atoms with Crippen LogP contribution in [0.3, 0.4) is 0 Å². The zero-order valence-corrected chi connectivity index (χ0v) is 11.6. The van der Waals surface area contributed by atoms with Crippen molar-refractivity contribution in [3.05, 3.63) is 35.8 Å². The molecule has 2 heterocycles. The molecule has 1 unspecified atom stereocenters. The normalized spacial score (nSPS) is 21.5. The van der Waals surface area contributed by atoms with Crippen LogP contribution in [0, 0.1) is 5.41 Å². The maximum Gasteiger partial charge on any atom is 0.309 e. The van der Waals surface area contributed by atoms with Crippen LogP contribution in [0.4, 0.5) is 0 Å². The van der Waals surface area contributed by atoms with Crippen LogP contribution < -0.4 is 0 Å². The molecule has 104 valence electrons. The van der Waals surface area contributed by atoms with Gasteiger partial charge < -0.3 is 5.11 Å². The Kier molecular flexibility index (Phi) is 2.85. The van der Waals surface area contributed by atoms with Crippen LogP contribution in [0.2, 0.25) is 0 Å². The fourth-order valence-corrected chi connectivity index (χ4v) is 2.90. The van der Waals surface area contributed by atoms with Crippen molar-refractivity contribution in [2.24, 2.45) is 12.5 Å². The van der Waals surface area contributed by atoms with Crippen molar-refractivity contribution in [2.45, 2.75) is 26.2 Å². The smallest absolute Gasteiger partial charge is 0.309 e. The van der Waals surface area contributed by atoms with Gasteiger partial charge in [-0.25, -0.2) is 0 Å². The van der Waals surface area contributed by atoms with Crippen molar-refractivity contribution in [1.82, 2.24) is 14.8 Å². The lowest BCUT2D eigenvalue weighted by Crippen LogP contribution is -2.34. The molecule has 0 saturated carbocycles. The molecule has 1 N–H and O–H groups in total. The fraction of sp³-hybridized carbons (Fsp3) is 0.400. The van der Waals surface area contributed by atoms with Gasteiger partial charge in [-0.1, -0.05) is 0 Å². The highest BCUT2D eigenvalue weighted by atomic mass is 16.4. The lowest BCUT2D eigenvalue weighted by Gasteiger charge is -2.29. The Morgan fingerprint density at radius 1 is 1.40 bits per heavy atom.